The molecule has 0 atom stereocenters. The van der Waals surface area contributed by atoms with E-state index in [-0.39, 0.29) is 5.54 Å². The van der Waals surface area contributed by atoms with Gasteiger partial charge in [-0.15, -0.1) is 0 Å². The van der Waals surface area contributed by atoms with Crippen molar-refractivity contribution in [1.82, 2.24) is 9.55 Å². The van der Waals surface area contributed by atoms with E-state index in [1.807, 2.05) is 13.0 Å². The van der Waals surface area contributed by atoms with E-state index in [2.05, 4.69) is 50.5 Å². The highest BCUT2D eigenvalue weighted by molar-refractivity contribution is 5.74. The van der Waals surface area contributed by atoms with E-state index in [4.69, 9.17) is 10.7 Å². The van der Waals surface area contributed by atoms with E-state index >= 15 is 0 Å². The van der Waals surface area contributed by atoms with Gasteiger partial charge in [-0.2, -0.15) is 0 Å². The summed E-state index contributed by atoms with van der Waals surface area (Å²) < 4.78 is 2.11. The van der Waals surface area contributed by atoms with Crippen LogP contribution in [0.5, 0.6) is 0 Å². The third kappa shape index (κ3) is 2.37. The first-order chi connectivity index (χ1) is 8.86. The second-order valence-electron chi connectivity index (χ2n) is 5.91. The Labute approximate surface area is 115 Å². The summed E-state index contributed by atoms with van der Waals surface area (Å²) in [6.07, 6.45) is 0.983. The van der Waals surface area contributed by atoms with Crippen molar-refractivity contribution in [2.24, 2.45) is 0 Å². The fourth-order valence-electron chi connectivity index (χ4n) is 2.65. The van der Waals surface area contributed by atoms with Gasteiger partial charge in [-0.25, -0.2) is 4.98 Å². The van der Waals surface area contributed by atoms with E-state index in [9.17, 15) is 0 Å². The number of aromatic nitrogens is 2. The van der Waals surface area contributed by atoms with Crippen LogP contribution in [0.4, 0.5) is 5.82 Å². The number of nitrogens with two attached hydrogens (primary N) is 1. The number of aryl methyl sites for hydroxylation is 2. The first-order valence-electron chi connectivity index (χ1n) is 6.79. The molecule has 102 valence electrons. The van der Waals surface area contributed by atoms with Crippen molar-refractivity contribution in [2.75, 3.05) is 5.73 Å². The number of rotatable bonds is 2. The molecule has 1 aromatic heterocycles. The normalized spacial score (nSPS) is 11.8. The Balaban J connectivity index is 2.65. The number of hydrogen-bond donors (Lipinski definition) is 1. The van der Waals surface area contributed by atoms with Gasteiger partial charge < -0.3 is 10.3 Å². The first kappa shape index (κ1) is 13.7. The van der Waals surface area contributed by atoms with E-state index < -0.39 is 0 Å². The fraction of sp³-hybridized carbons (Fsp3) is 0.438. The lowest BCUT2D eigenvalue weighted by Crippen LogP contribution is -2.24. The van der Waals surface area contributed by atoms with Crippen molar-refractivity contribution < 1.29 is 0 Å². The summed E-state index contributed by atoms with van der Waals surface area (Å²) in [7, 11) is 0. The maximum absolute atomic E-state index is 6.35. The Morgan fingerprint density at radius 1 is 1.21 bits per heavy atom. The van der Waals surface area contributed by atoms with Crippen LogP contribution in [0, 0.1) is 6.92 Å². The first-order valence-corrected chi connectivity index (χ1v) is 6.79. The van der Waals surface area contributed by atoms with Crippen LogP contribution in [0.3, 0.4) is 0 Å². The lowest BCUT2D eigenvalue weighted by molar-refractivity contribution is 0.393. The van der Waals surface area contributed by atoms with Gasteiger partial charge in [0.15, 0.2) is 0 Å². The maximum atomic E-state index is 6.35. The molecule has 19 heavy (non-hydrogen) atoms. The largest absolute Gasteiger partial charge is 0.383 e. The fourth-order valence-corrected chi connectivity index (χ4v) is 2.65. The summed E-state index contributed by atoms with van der Waals surface area (Å²) in [6.45, 7) is 10.6. The lowest BCUT2D eigenvalue weighted by atomic mass is 10.0. The predicted molar refractivity (Wildman–Crippen MR) is 81.2 cm³/mol. The van der Waals surface area contributed by atoms with Crippen LogP contribution in [-0.2, 0) is 12.0 Å². The molecule has 3 heteroatoms. The second-order valence-corrected chi connectivity index (χ2v) is 5.91. The van der Waals surface area contributed by atoms with E-state index in [1.165, 1.54) is 5.56 Å². The van der Waals surface area contributed by atoms with Gasteiger partial charge in [-0.3, -0.25) is 0 Å². The molecule has 0 unspecified atom stereocenters. The molecule has 0 radical (unpaired) electrons. The summed E-state index contributed by atoms with van der Waals surface area (Å²) in [5.74, 6) is 1.72. The SMILES string of the molecule is CCc1ccccc1-c1nc(C)n(C(C)(C)C)c1N. The molecule has 2 aromatic rings. The van der Waals surface area contributed by atoms with Gasteiger partial charge in [0.2, 0.25) is 0 Å². The average molecular weight is 257 g/mol. The summed E-state index contributed by atoms with van der Waals surface area (Å²) in [5, 5.41) is 0. The molecule has 0 fully saturated rings. The minimum Gasteiger partial charge on any atom is -0.383 e. The van der Waals surface area contributed by atoms with Crippen LogP contribution in [-0.4, -0.2) is 9.55 Å². The van der Waals surface area contributed by atoms with Gasteiger partial charge in [-0.05, 0) is 39.7 Å². The van der Waals surface area contributed by atoms with Gasteiger partial charge in [0.1, 0.15) is 17.3 Å². The predicted octanol–water partition coefficient (Wildman–Crippen LogP) is 3.76. The minimum absolute atomic E-state index is 0.0550. The number of imidazole rings is 1. The summed E-state index contributed by atoms with van der Waals surface area (Å²) in [5.41, 5.74) is 9.63. The van der Waals surface area contributed by atoms with Crippen LogP contribution in [0.2, 0.25) is 0 Å². The molecule has 0 saturated heterocycles. The molecule has 1 aromatic carbocycles. The van der Waals surface area contributed by atoms with Crippen LogP contribution in [0.15, 0.2) is 24.3 Å². The molecule has 2 rings (SSSR count). The monoisotopic (exact) mass is 257 g/mol. The van der Waals surface area contributed by atoms with Crippen LogP contribution >= 0.6 is 0 Å². The molecule has 0 aliphatic carbocycles. The number of anilines is 1. The van der Waals surface area contributed by atoms with Gasteiger partial charge in [-0.1, -0.05) is 31.2 Å². The van der Waals surface area contributed by atoms with Gasteiger partial charge in [0.25, 0.3) is 0 Å². The standard InChI is InChI=1S/C16H23N3/c1-6-12-9-7-8-10-13(12)14-15(17)19(11(2)18-14)16(3,4)5/h7-10H,6,17H2,1-5H3. The Kier molecular flexibility index (Phi) is 3.40. The Hall–Kier alpha value is -1.77. The summed E-state index contributed by atoms with van der Waals surface area (Å²) >= 11 is 0. The van der Waals surface area contributed by atoms with Crippen molar-refractivity contribution in [3.8, 4) is 11.3 Å². The third-order valence-corrected chi connectivity index (χ3v) is 3.40. The van der Waals surface area contributed by atoms with Gasteiger partial charge in [0.05, 0.1) is 0 Å². The molecule has 0 aliphatic rings. The molecule has 2 N–H and O–H groups in total. The Morgan fingerprint density at radius 3 is 2.37 bits per heavy atom. The molecule has 0 amide bonds. The average Bonchev–Trinajstić information content (AvgIpc) is 2.64. The quantitative estimate of drug-likeness (QED) is 0.890. The van der Waals surface area contributed by atoms with E-state index in [1.54, 1.807) is 0 Å². The topological polar surface area (TPSA) is 43.8 Å². The number of nitrogens with zero attached hydrogens (tertiary/aromatic N) is 2. The highest BCUT2D eigenvalue weighted by Gasteiger charge is 2.23. The highest BCUT2D eigenvalue weighted by Crippen LogP contribution is 2.32. The van der Waals surface area contributed by atoms with Crippen molar-refractivity contribution in [2.45, 2.75) is 46.6 Å². The Morgan fingerprint density at radius 2 is 1.84 bits per heavy atom. The molecule has 3 nitrogen and oxygen atoms in total. The van der Waals surface area contributed by atoms with Crippen LogP contribution in [0.25, 0.3) is 11.3 Å². The van der Waals surface area contributed by atoms with E-state index in [0.717, 1.165) is 29.3 Å². The zero-order chi connectivity index (χ0) is 14.2. The molecular weight excluding hydrogens is 234 g/mol. The summed E-state index contributed by atoms with van der Waals surface area (Å²) in [4.78, 5) is 4.69. The van der Waals surface area contributed by atoms with Crippen molar-refractivity contribution in [3.05, 3.63) is 35.7 Å². The molecule has 1 heterocycles. The molecule has 0 bridgehead atoms. The smallest absolute Gasteiger partial charge is 0.132 e. The molecular formula is C16H23N3. The number of hydrogen-bond acceptors (Lipinski definition) is 2. The van der Waals surface area contributed by atoms with Crippen molar-refractivity contribution in [1.29, 1.82) is 0 Å². The van der Waals surface area contributed by atoms with Gasteiger partial charge in [0, 0.05) is 11.1 Å². The molecule has 0 spiro atoms. The molecule has 0 saturated carbocycles. The third-order valence-electron chi connectivity index (χ3n) is 3.40. The van der Waals surface area contributed by atoms with E-state index in [0.29, 0.717) is 0 Å². The maximum Gasteiger partial charge on any atom is 0.132 e. The number of nitrogen functional groups attached to an aromatic ring is 1. The van der Waals surface area contributed by atoms with Crippen LogP contribution in [0.1, 0.15) is 39.1 Å². The van der Waals surface area contributed by atoms with Crippen molar-refractivity contribution in [3.63, 3.8) is 0 Å². The zero-order valence-corrected chi connectivity index (χ0v) is 12.5. The lowest BCUT2D eigenvalue weighted by Gasteiger charge is -2.24. The second kappa shape index (κ2) is 4.72. The van der Waals surface area contributed by atoms with Crippen molar-refractivity contribution >= 4 is 5.82 Å². The minimum atomic E-state index is -0.0550. The van der Waals surface area contributed by atoms with Gasteiger partial charge >= 0.3 is 0 Å². The zero-order valence-electron chi connectivity index (χ0n) is 12.5. The van der Waals surface area contributed by atoms with Crippen LogP contribution < -0.4 is 5.73 Å². The Bertz CT molecular complexity index is 589. The highest BCUT2D eigenvalue weighted by atomic mass is 15.2. The summed E-state index contributed by atoms with van der Waals surface area (Å²) in [6, 6.07) is 8.34. The molecule has 0 aliphatic heterocycles. The number of benzene rings is 1.